The summed E-state index contributed by atoms with van der Waals surface area (Å²) in [6.45, 7) is 4.30. The molecule has 15 heavy (non-hydrogen) atoms. The van der Waals surface area contributed by atoms with E-state index in [1.165, 1.54) is 3.57 Å². The summed E-state index contributed by atoms with van der Waals surface area (Å²) in [5, 5.41) is 0. The molecule has 0 radical (unpaired) electrons. The fraction of sp³-hybridized carbons (Fsp3) is 0.462. The minimum absolute atomic E-state index is 0.278. The second-order valence-electron chi connectivity index (χ2n) is 3.82. The molecule has 0 saturated heterocycles. The molecule has 0 spiro atoms. The smallest absolute Gasteiger partial charge is 0.163 e. The largest absolute Gasteiger partial charge is 0.294 e. The van der Waals surface area contributed by atoms with E-state index in [-0.39, 0.29) is 5.78 Å². The summed E-state index contributed by atoms with van der Waals surface area (Å²) in [7, 11) is 0. The first-order chi connectivity index (χ1) is 7.17. The van der Waals surface area contributed by atoms with Crippen molar-refractivity contribution in [1.82, 2.24) is 0 Å². The van der Waals surface area contributed by atoms with Crippen LogP contribution in [0.15, 0.2) is 24.3 Å². The lowest BCUT2D eigenvalue weighted by Gasteiger charge is -2.10. The van der Waals surface area contributed by atoms with Crippen molar-refractivity contribution in [2.75, 3.05) is 0 Å². The molecule has 1 rings (SSSR count). The van der Waals surface area contributed by atoms with Gasteiger partial charge in [-0.25, -0.2) is 0 Å². The Labute approximate surface area is 105 Å². The molecule has 0 N–H and O–H groups in total. The van der Waals surface area contributed by atoms with E-state index in [1.54, 1.807) is 0 Å². The van der Waals surface area contributed by atoms with Crippen molar-refractivity contribution < 1.29 is 4.79 Å². The van der Waals surface area contributed by atoms with Crippen LogP contribution in [0.5, 0.6) is 0 Å². The molecule has 0 atom stereocenters. The lowest BCUT2D eigenvalue weighted by molar-refractivity contribution is 0.0958. The van der Waals surface area contributed by atoms with Gasteiger partial charge in [0.1, 0.15) is 0 Å². The van der Waals surface area contributed by atoms with Gasteiger partial charge in [-0.2, -0.15) is 0 Å². The van der Waals surface area contributed by atoms with Crippen molar-refractivity contribution in [2.24, 2.45) is 5.92 Å². The predicted octanol–water partition coefficient (Wildman–Crippen LogP) is 4.30. The highest BCUT2D eigenvalue weighted by atomic mass is 127. The molecule has 0 heterocycles. The molecule has 0 aliphatic heterocycles. The molecule has 0 aromatic heterocycles. The van der Waals surface area contributed by atoms with Crippen molar-refractivity contribution in [3.63, 3.8) is 0 Å². The second-order valence-corrected chi connectivity index (χ2v) is 5.06. The summed E-state index contributed by atoms with van der Waals surface area (Å²) >= 11 is 2.25. The van der Waals surface area contributed by atoms with Crippen LogP contribution in [0.2, 0.25) is 0 Å². The van der Waals surface area contributed by atoms with Crippen LogP contribution in [-0.2, 0) is 0 Å². The second kappa shape index (κ2) is 6.26. The first-order valence-electron chi connectivity index (χ1n) is 5.46. The van der Waals surface area contributed by atoms with E-state index < -0.39 is 0 Å². The minimum Gasteiger partial charge on any atom is -0.294 e. The van der Waals surface area contributed by atoms with E-state index in [4.69, 9.17) is 0 Å². The van der Waals surface area contributed by atoms with E-state index in [2.05, 4.69) is 36.4 Å². The van der Waals surface area contributed by atoms with Crippen LogP contribution in [0.25, 0.3) is 0 Å². The lowest BCUT2D eigenvalue weighted by Crippen LogP contribution is -2.07. The van der Waals surface area contributed by atoms with Gasteiger partial charge in [0.2, 0.25) is 0 Å². The van der Waals surface area contributed by atoms with Crippen molar-refractivity contribution in [2.45, 2.75) is 33.1 Å². The molecule has 2 heteroatoms. The number of carbonyl (C=O) groups excluding carboxylic acids is 1. The Hall–Kier alpha value is -0.380. The molecule has 0 amide bonds. The van der Waals surface area contributed by atoms with Crippen LogP contribution in [0.4, 0.5) is 0 Å². The Bertz CT molecular complexity index is 312. The van der Waals surface area contributed by atoms with Gasteiger partial charge in [-0.1, -0.05) is 38.8 Å². The van der Waals surface area contributed by atoms with Gasteiger partial charge in [-0.15, -0.1) is 0 Å². The van der Waals surface area contributed by atoms with E-state index in [1.807, 2.05) is 24.3 Å². The van der Waals surface area contributed by atoms with E-state index in [0.29, 0.717) is 12.3 Å². The molecule has 0 aliphatic rings. The Balaban J connectivity index is 2.64. The van der Waals surface area contributed by atoms with Gasteiger partial charge in [0, 0.05) is 15.6 Å². The first kappa shape index (κ1) is 12.7. The standard InChI is InChI=1S/C13H17IO/c1-3-10(4-2)9-13(15)11-5-7-12(14)8-6-11/h5-8,10H,3-4,9H2,1-2H3. The Morgan fingerprint density at radius 3 is 2.20 bits per heavy atom. The summed E-state index contributed by atoms with van der Waals surface area (Å²) in [5.74, 6) is 0.817. The third-order valence-corrected chi connectivity index (χ3v) is 3.51. The maximum absolute atomic E-state index is 11.9. The van der Waals surface area contributed by atoms with Crippen LogP contribution >= 0.6 is 22.6 Å². The topological polar surface area (TPSA) is 17.1 Å². The summed E-state index contributed by atoms with van der Waals surface area (Å²) < 4.78 is 1.17. The number of hydrogen-bond donors (Lipinski definition) is 0. The van der Waals surface area contributed by atoms with Gasteiger partial charge in [0.05, 0.1) is 0 Å². The maximum Gasteiger partial charge on any atom is 0.163 e. The van der Waals surface area contributed by atoms with Gasteiger partial charge in [-0.05, 0) is 40.6 Å². The zero-order valence-corrected chi connectivity index (χ0v) is 11.5. The third-order valence-electron chi connectivity index (χ3n) is 2.79. The fourth-order valence-electron chi connectivity index (χ4n) is 1.59. The van der Waals surface area contributed by atoms with E-state index >= 15 is 0 Å². The zero-order chi connectivity index (χ0) is 11.3. The molecule has 0 saturated carbocycles. The number of benzene rings is 1. The lowest BCUT2D eigenvalue weighted by atomic mass is 9.94. The Morgan fingerprint density at radius 1 is 1.20 bits per heavy atom. The number of carbonyl (C=O) groups is 1. The van der Waals surface area contributed by atoms with Crippen LogP contribution < -0.4 is 0 Å². The summed E-state index contributed by atoms with van der Waals surface area (Å²) in [6.07, 6.45) is 2.87. The zero-order valence-electron chi connectivity index (χ0n) is 9.29. The highest BCUT2D eigenvalue weighted by molar-refractivity contribution is 14.1. The SMILES string of the molecule is CCC(CC)CC(=O)c1ccc(I)cc1. The van der Waals surface area contributed by atoms with Crippen LogP contribution in [0, 0.1) is 9.49 Å². The molecule has 1 nitrogen and oxygen atoms in total. The Kier molecular flexibility index (Phi) is 5.29. The number of hydrogen-bond acceptors (Lipinski definition) is 1. The number of halogens is 1. The minimum atomic E-state index is 0.278. The maximum atomic E-state index is 11.9. The molecule has 1 aromatic rings. The first-order valence-corrected chi connectivity index (χ1v) is 6.54. The number of Topliss-reactive ketones (excluding diaryl/α,β-unsaturated/α-hetero) is 1. The van der Waals surface area contributed by atoms with Gasteiger partial charge in [0.15, 0.2) is 5.78 Å². The summed E-state index contributed by atoms with van der Waals surface area (Å²) in [6, 6.07) is 7.82. The van der Waals surface area contributed by atoms with E-state index in [0.717, 1.165) is 18.4 Å². The van der Waals surface area contributed by atoms with Gasteiger partial charge >= 0.3 is 0 Å². The van der Waals surface area contributed by atoms with Crippen molar-refractivity contribution >= 4 is 28.4 Å². The molecule has 82 valence electrons. The monoisotopic (exact) mass is 316 g/mol. The van der Waals surface area contributed by atoms with Crippen molar-refractivity contribution in [1.29, 1.82) is 0 Å². The normalized spacial score (nSPS) is 10.7. The van der Waals surface area contributed by atoms with Gasteiger partial charge in [-0.3, -0.25) is 4.79 Å². The van der Waals surface area contributed by atoms with Crippen molar-refractivity contribution in [3.8, 4) is 0 Å². The Morgan fingerprint density at radius 2 is 1.73 bits per heavy atom. The molecular formula is C13H17IO. The van der Waals surface area contributed by atoms with Gasteiger partial charge in [0.25, 0.3) is 0 Å². The molecule has 0 fully saturated rings. The molecule has 0 bridgehead atoms. The van der Waals surface area contributed by atoms with Crippen LogP contribution in [0.3, 0.4) is 0 Å². The molecule has 0 unspecified atom stereocenters. The average molecular weight is 316 g/mol. The fourth-order valence-corrected chi connectivity index (χ4v) is 1.95. The third kappa shape index (κ3) is 3.93. The predicted molar refractivity (Wildman–Crippen MR) is 72.2 cm³/mol. The van der Waals surface area contributed by atoms with Crippen LogP contribution in [0.1, 0.15) is 43.5 Å². The average Bonchev–Trinajstić information content (AvgIpc) is 2.26. The number of rotatable bonds is 5. The molecular weight excluding hydrogens is 299 g/mol. The quantitative estimate of drug-likeness (QED) is 0.585. The van der Waals surface area contributed by atoms with Crippen molar-refractivity contribution in [3.05, 3.63) is 33.4 Å². The number of ketones is 1. The van der Waals surface area contributed by atoms with Crippen LogP contribution in [-0.4, -0.2) is 5.78 Å². The highest BCUT2D eigenvalue weighted by Crippen LogP contribution is 2.17. The summed E-state index contributed by atoms with van der Waals surface area (Å²) in [5.41, 5.74) is 0.849. The highest BCUT2D eigenvalue weighted by Gasteiger charge is 2.11. The molecule has 0 aliphatic carbocycles. The summed E-state index contributed by atoms with van der Waals surface area (Å²) in [4.78, 5) is 11.9. The molecule has 1 aromatic carbocycles. The van der Waals surface area contributed by atoms with E-state index in [9.17, 15) is 4.79 Å². The van der Waals surface area contributed by atoms with Gasteiger partial charge < -0.3 is 0 Å².